The Balaban J connectivity index is 1.85. The van der Waals surface area contributed by atoms with E-state index < -0.39 is 6.09 Å². The Bertz CT molecular complexity index is 843. The number of halogens is 1. The lowest BCUT2D eigenvalue weighted by atomic mass is 10.0. The number of unbranched alkanes of at least 4 members (excludes halogenated alkanes) is 1. The van der Waals surface area contributed by atoms with E-state index in [4.69, 9.17) is 9.15 Å². The topological polar surface area (TPSA) is 80.6 Å². The lowest BCUT2D eigenvalue weighted by Gasteiger charge is -2.24. The van der Waals surface area contributed by atoms with Crippen LogP contribution in [-0.4, -0.2) is 36.3 Å². The first-order valence-electron chi connectivity index (χ1n) is 11.9. The molecular formula is C26H37FN2O4S. The van der Waals surface area contributed by atoms with Gasteiger partial charge in [-0.3, -0.25) is 4.79 Å². The minimum Gasteiger partial charge on any atom is -0.468 e. The minimum atomic E-state index is -0.526. The van der Waals surface area contributed by atoms with Gasteiger partial charge in [0, 0.05) is 12.6 Å². The molecule has 34 heavy (non-hydrogen) atoms. The Kier molecular flexibility index (Phi) is 12.8. The van der Waals surface area contributed by atoms with Crippen LogP contribution in [0.15, 0.2) is 47.1 Å². The molecule has 0 saturated carbocycles. The second-order valence-corrected chi connectivity index (χ2v) is 9.80. The second-order valence-electron chi connectivity index (χ2n) is 8.81. The Morgan fingerprint density at radius 1 is 1.18 bits per heavy atom. The summed E-state index contributed by atoms with van der Waals surface area (Å²) in [6.07, 6.45) is 4.58. The molecule has 0 fully saturated rings. The number of alkyl carbamates (subject to hydrolysis) is 1. The van der Waals surface area contributed by atoms with E-state index in [9.17, 15) is 14.0 Å². The number of nitrogens with one attached hydrogen (secondary N) is 2. The van der Waals surface area contributed by atoms with Crippen molar-refractivity contribution < 1.29 is 23.1 Å². The molecule has 0 aliphatic heterocycles. The van der Waals surface area contributed by atoms with Crippen molar-refractivity contribution in [3.8, 4) is 0 Å². The van der Waals surface area contributed by atoms with Gasteiger partial charge in [-0.15, -0.1) is 11.8 Å². The van der Waals surface area contributed by atoms with Crippen molar-refractivity contribution in [2.45, 2.75) is 70.9 Å². The van der Waals surface area contributed by atoms with Gasteiger partial charge in [0.05, 0.1) is 23.8 Å². The second kappa shape index (κ2) is 15.6. The maximum Gasteiger partial charge on any atom is 0.407 e. The summed E-state index contributed by atoms with van der Waals surface area (Å²) >= 11 is 1.55. The fourth-order valence-corrected chi connectivity index (χ4v) is 4.39. The summed E-state index contributed by atoms with van der Waals surface area (Å²) in [5.41, 5.74) is 0.715. The van der Waals surface area contributed by atoms with Crippen molar-refractivity contribution in [2.24, 2.45) is 5.92 Å². The third-order valence-corrected chi connectivity index (χ3v) is 6.25. The minimum absolute atomic E-state index is 0.0679. The van der Waals surface area contributed by atoms with Gasteiger partial charge in [0.1, 0.15) is 18.2 Å². The highest BCUT2D eigenvalue weighted by molar-refractivity contribution is 7.99. The normalized spacial score (nSPS) is 13.0. The van der Waals surface area contributed by atoms with E-state index >= 15 is 0 Å². The number of thioether (sulfide) groups is 1. The van der Waals surface area contributed by atoms with Crippen LogP contribution < -0.4 is 10.6 Å². The van der Waals surface area contributed by atoms with E-state index in [0.717, 1.165) is 31.4 Å². The largest absolute Gasteiger partial charge is 0.468 e. The van der Waals surface area contributed by atoms with Gasteiger partial charge >= 0.3 is 6.09 Å². The SMILES string of the molecule is CCCCC(NCC(CC(C)C)NC(=O)OCc1ccc(F)cc1)C(=O)CSCc1ccco1. The molecule has 1 heterocycles. The van der Waals surface area contributed by atoms with E-state index in [1.165, 1.54) is 12.1 Å². The first kappa shape index (κ1) is 27.9. The lowest BCUT2D eigenvalue weighted by molar-refractivity contribution is -0.118. The van der Waals surface area contributed by atoms with Crippen LogP contribution in [0.25, 0.3) is 0 Å². The van der Waals surface area contributed by atoms with Gasteiger partial charge in [-0.05, 0) is 48.6 Å². The molecule has 0 aliphatic carbocycles. The monoisotopic (exact) mass is 492 g/mol. The van der Waals surface area contributed by atoms with E-state index in [-0.39, 0.29) is 30.3 Å². The first-order chi connectivity index (χ1) is 16.4. The van der Waals surface area contributed by atoms with Crippen LogP contribution in [0, 0.1) is 11.7 Å². The molecule has 0 aliphatic rings. The third kappa shape index (κ3) is 11.2. The molecule has 0 radical (unpaired) electrons. The number of ketones is 1. The van der Waals surface area contributed by atoms with Crippen LogP contribution in [-0.2, 0) is 21.9 Å². The highest BCUT2D eigenvalue weighted by Crippen LogP contribution is 2.15. The molecule has 0 bridgehead atoms. The van der Waals surface area contributed by atoms with Crippen LogP contribution in [0.3, 0.4) is 0 Å². The van der Waals surface area contributed by atoms with Gasteiger partial charge in [0.15, 0.2) is 5.78 Å². The standard InChI is InChI=1S/C26H37FN2O4S/c1-4-5-8-24(25(30)18-34-17-23-7-6-13-32-23)28-15-22(14-19(2)3)29-26(31)33-16-20-9-11-21(27)12-10-20/h6-7,9-13,19,22,24,28H,4-5,8,14-18H2,1-3H3,(H,29,31). The fourth-order valence-electron chi connectivity index (χ4n) is 3.52. The average Bonchev–Trinajstić information content (AvgIpc) is 3.31. The molecule has 2 aromatic rings. The quantitative estimate of drug-likeness (QED) is 0.312. The van der Waals surface area contributed by atoms with Gasteiger partial charge in [0.2, 0.25) is 0 Å². The summed E-state index contributed by atoms with van der Waals surface area (Å²) in [6, 6.07) is 9.17. The van der Waals surface area contributed by atoms with Gasteiger partial charge in [0.25, 0.3) is 0 Å². The Hall–Kier alpha value is -2.32. The zero-order valence-corrected chi connectivity index (χ0v) is 21.2. The van der Waals surface area contributed by atoms with Gasteiger partial charge in [-0.2, -0.15) is 0 Å². The van der Waals surface area contributed by atoms with Crippen LogP contribution in [0.2, 0.25) is 0 Å². The van der Waals surface area contributed by atoms with Crippen LogP contribution >= 0.6 is 11.8 Å². The third-order valence-electron chi connectivity index (χ3n) is 5.28. The van der Waals surface area contributed by atoms with E-state index in [1.54, 1.807) is 30.2 Å². The van der Waals surface area contributed by atoms with Crippen molar-refractivity contribution in [2.75, 3.05) is 12.3 Å². The maximum absolute atomic E-state index is 13.0. The van der Waals surface area contributed by atoms with Crippen molar-refractivity contribution in [3.63, 3.8) is 0 Å². The van der Waals surface area contributed by atoms with E-state index in [0.29, 0.717) is 29.5 Å². The molecule has 6 nitrogen and oxygen atoms in total. The summed E-state index contributed by atoms with van der Waals surface area (Å²) in [4.78, 5) is 25.2. The maximum atomic E-state index is 13.0. The number of Topliss-reactive ketones (excluding diaryl/α,β-unsaturated/α-hetero) is 1. The summed E-state index contributed by atoms with van der Waals surface area (Å²) in [5.74, 6) is 2.12. The van der Waals surface area contributed by atoms with Gasteiger partial charge in [-0.1, -0.05) is 45.7 Å². The molecule has 2 unspecified atom stereocenters. The molecule has 1 aromatic heterocycles. The number of ether oxygens (including phenoxy) is 1. The molecule has 2 rings (SSSR count). The molecule has 2 atom stereocenters. The summed E-state index contributed by atoms with van der Waals surface area (Å²) in [7, 11) is 0. The molecule has 1 aromatic carbocycles. The number of amides is 1. The number of hydrogen-bond donors (Lipinski definition) is 2. The Morgan fingerprint density at radius 2 is 1.94 bits per heavy atom. The smallest absolute Gasteiger partial charge is 0.407 e. The number of carbonyl (C=O) groups is 2. The molecule has 1 amide bonds. The molecule has 2 N–H and O–H groups in total. The van der Waals surface area contributed by atoms with Crippen LogP contribution in [0.1, 0.15) is 57.8 Å². The number of carbonyl (C=O) groups excluding carboxylic acids is 2. The molecule has 0 spiro atoms. The van der Waals surface area contributed by atoms with Crippen molar-refractivity contribution in [1.82, 2.24) is 10.6 Å². The number of benzene rings is 1. The Labute approximate surface area is 206 Å². The fraction of sp³-hybridized carbons (Fsp3) is 0.538. The van der Waals surface area contributed by atoms with Crippen molar-refractivity contribution in [3.05, 3.63) is 59.8 Å². The molecule has 8 heteroatoms. The highest BCUT2D eigenvalue weighted by Gasteiger charge is 2.21. The average molecular weight is 493 g/mol. The van der Waals surface area contributed by atoms with Crippen molar-refractivity contribution in [1.29, 1.82) is 0 Å². The van der Waals surface area contributed by atoms with E-state index in [1.807, 2.05) is 12.1 Å². The highest BCUT2D eigenvalue weighted by atomic mass is 32.2. The number of rotatable bonds is 16. The molecule has 188 valence electrons. The van der Waals surface area contributed by atoms with E-state index in [2.05, 4.69) is 31.4 Å². The zero-order valence-electron chi connectivity index (χ0n) is 20.3. The first-order valence-corrected chi connectivity index (χ1v) is 13.1. The number of furan rings is 1. The summed E-state index contributed by atoms with van der Waals surface area (Å²) < 4.78 is 23.7. The van der Waals surface area contributed by atoms with Crippen LogP contribution in [0.5, 0.6) is 0 Å². The Morgan fingerprint density at radius 3 is 2.59 bits per heavy atom. The predicted molar refractivity (Wildman–Crippen MR) is 134 cm³/mol. The van der Waals surface area contributed by atoms with Gasteiger partial charge in [-0.25, -0.2) is 9.18 Å². The predicted octanol–water partition coefficient (Wildman–Crippen LogP) is 5.71. The molecular weight excluding hydrogens is 455 g/mol. The van der Waals surface area contributed by atoms with Crippen LogP contribution in [0.4, 0.5) is 9.18 Å². The lowest BCUT2D eigenvalue weighted by Crippen LogP contribution is -2.48. The summed E-state index contributed by atoms with van der Waals surface area (Å²) in [5, 5.41) is 6.31. The molecule has 0 saturated heterocycles. The van der Waals surface area contributed by atoms with Crippen molar-refractivity contribution >= 4 is 23.6 Å². The zero-order chi connectivity index (χ0) is 24.8. The van der Waals surface area contributed by atoms with Gasteiger partial charge < -0.3 is 19.8 Å². The summed E-state index contributed by atoms with van der Waals surface area (Å²) in [6.45, 7) is 6.83. The number of hydrogen-bond acceptors (Lipinski definition) is 6.